The zero-order valence-electron chi connectivity index (χ0n) is 14.5. The Morgan fingerprint density at radius 2 is 1.22 bits per heavy atom. The van der Waals surface area contributed by atoms with E-state index in [-0.39, 0.29) is 0 Å². The van der Waals surface area contributed by atoms with Crippen LogP contribution in [-0.2, 0) is 13.0 Å². The van der Waals surface area contributed by atoms with Gasteiger partial charge in [0, 0.05) is 0 Å². The molecule has 0 atom stereocenters. The minimum atomic E-state index is 0.582. The Balaban J connectivity index is 1.86. The van der Waals surface area contributed by atoms with E-state index >= 15 is 0 Å². The van der Waals surface area contributed by atoms with E-state index in [9.17, 15) is 0 Å². The van der Waals surface area contributed by atoms with Crippen molar-refractivity contribution in [1.29, 1.82) is 0 Å². The van der Waals surface area contributed by atoms with Crippen LogP contribution < -0.4 is 9.47 Å². The number of ether oxygens (including phenoxy) is 2. The Labute approximate surface area is 140 Å². The molecule has 23 heavy (non-hydrogen) atoms. The Morgan fingerprint density at radius 3 is 1.74 bits per heavy atom. The van der Waals surface area contributed by atoms with Gasteiger partial charge in [-0.25, -0.2) is 0 Å². The standard InChI is InChI=1S/C21H28O2/c1-4-17(5-2)15-18-7-11-21(12-8-18)23-16-19-9-13-20(14-10-19)22-6-3/h7-14,17H,4-6,15-16H2,1-3H3. The van der Waals surface area contributed by atoms with E-state index in [1.54, 1.807) is 0 Å². The molecule has 2 heteroatoms. The van der Waals surface area contributed by atoms with Crippen molar-refractivity contribution in [2.75, 3.05) is 6.61 Å². The summed E-state index contributed by atoms with van der Waals surface area (Å²) in [6.45, 7) is 7.80. The lowest BCUT2D eigenvalue weighted by Gasteiger charge is -2.13. The number of benzene rings is 2. The van der Waals surface area contributed by atoms with Crippen molar-refractivity contribution < 1.29 is 9.47 Å². The van der Waals surface area contributed by atoms with Gasteiger partial charge in [-0.3, -0.25) is 0 Å². The summed E-state index contributed by atoms with van der Waals surface area (Å²) < 4.78 is 11.3. The van der Waals surface area contributed by atoms with Crippen molar-refractivity contribution in [3.8, 4) is 11.5 Å². The first-order valence-electron chi connectivity index (χ1n) is 8.68. The summed E-state index contributed by atoms with van der Waals surface area (Å²) >= 11 is 0. The summed E-state index contributed by atoms with van der Waals surface area (Å²) in [7, 11) is 0. The first-order valence-corrected chi connectivity index (χ1v) is 8.68. The third-order valence-electron chi connectivity index (χ3n) is 4.24. The van der Waals surface area contributed by atoms with Gasteiger partial charge in [0.1, 0.15) is 18.1 Å². The molecular weight excluding hydrogens is 284 g/mol. The highest BCUT2D eigenvalue weighted by atomic mass is 16.5. The van der Waals surface area contributed by atoms with E-state index in [0.29, 0.717) is 13.2 Å². The van der Waals surface area contributed by atoms with E-state index in [4.69, 9.17) is 9.47 Å². The van der Waals surface area contributed by atoms with Crippen LogP contribution in [0.1, 0.15) is 44.7 Å². The smallest absolute Gasteiger partial charge is 0.119 e. The summed E-state index contributed by atoms with van der Waals surface area (Å²) in [6.07, 6.45) is 3.64. The normalized spacial score (nSPS) is 10.8. The third kappa shape index (κ3) is 5.63. The molecule has 0 heterocycles. The van der Waals surface area contributed by atoms with Gasteiger partial charge in [0.15, 0.2) is 0 Å². The van der Waals surface area contributed by atoms with Crippen molar-refractivity contribution in [1.82, 2.24) is 0 Å². The van der Waals surface area contributed by atoms with Gasteiger partial charge in [0.05, 0.1) is 6.61 Å². The average molecular weight is 312 g/mol. The summed E-state index contributed by atoms with van der Waals surface area (Å²) in [4.78, 5) is 0. The van der Waals surface area contributed by atoms with Gasteiger partial charge in [0.2, 0.25) is 0 Å². The molecule has 2 aromatic carbocycles. The lowest BCUT2D eigenvalue weighted by Crippen LogP contribution is -2.01. The molecular formula is C21H28O2. The molecule has 0 fully saturated rings. The fourth-order valence-electron chi connectivity index (χ4n) is 2.65. The zero-order chi connectivity index (χ0) is 16.5. The monoisotopic (exact) mass is 312 g/mol. The van der Waals surface area contributed by atoms with Gasteiger partial charge in [-0.05, 0) is 54.7 Å². The van der Waals surface area contributed by atoms with Crippen LogP contribution in [0.2, 0.25) is 0 Å². The Bertz CT molecular complexity index is 553. The van der Waals surface area contributed by atoms with Crippen LogP contribution in [-0.4, -0.2) is 6.61 Å². The molecule has 0 amide bonds. The van der Waals surface area contributed by atoms with Crippen LogP contribution in [0.3, 0.4) is 0 Å². The van der Waals surface area contributed by atoms with Gasteiger partial charge in [0.25, 0.3) is 0 Å². The molecule has 0 aromatic heterocycles. The quantitative estimate of drug-likeness (QED) is 0.596. The van der Waals surface area contributed by atoms with Crippen LogP contribution in [0.4, 0.5) is 0 Å². The highest BCUT2D eigenvalue weighted by Crippen LogP contribution is 2.20. The summed E-state index contributed by atoms with van der Waals surface area (Å²) in [5, 5.41) is 0. The average Bonchev–Trinajstić information content (AvgIpc) is 2.60. The molecule has 0 bridgehead atoms. The molecule has 0 N–H and O–H groups in total. The summed E-state index contributed by atoms with van der Waals surface area (Å²) in [6, 6.07) is 16.6. The predicted molar refractivity (Wildman–Crippen MR) is 96.2 cm³/mol. The molecule has 124 valence electrons. The van der Waals surface area contributed by atoms with Gasteiger partial charge < -0.3 is 9.47 Å². The number of hydrogen-bond donors (Lipinski definition) is 0. The zero-order valence-corrected chi connectivity index (χ0v) is 14.5. The van der Waals surface area contributed by atoms with E-state index in [0.717, 1.165) is 29.4 Å². The van der Waals surface area contributed by atoms with Crippen LogP contribution in [0, 0.1) is 5.92 Å². The first kappa shape index (κ1) is 17.4. The fourth-order valence-corrected chi connectivity index (χ4v) is 2.65. The van der Waals surface area contributed by atoms with E-state index < -0.39 is 0 Å². The van der Waals surface area contributed by atoms with E-state index in [2.05, 4.69) is 38.1 Å². The highest BCUT2D eigenvalue weighted by molar-refractivity contribution is 5.29. The largest absolute Gasteiger partial charge is 0.494 e. The van der Waals surface area contributed by atoms with Gasteiger partial charge in [-0.1, -0.05) is 51.0 Å². The van der Waals surface area contributed by atoms with Crippen LogP contribution in [0.25, 0.3) is 0 Å². The Hall–Kier alpha value is -1.96. The van der Waals surface area contributed by atoms with Gasteiger partial charge in [-0.2, -0.15) is 0 Å². The second-order valence-corrected chi connectivity index (χ2v) is 5.90. The molecule has 0 unspecified atom stereocenters. The van der Waals surface area contributed by atoms with Crippen LogP contribution in [0.15, 0.2) is 48.5 Å². The first-order chi connectivity index (χ1) is 11.2. The molecule has 2 rings (SSSR count). The third-order valence-corrected chi connectivity index (χ3v) is 4.24. The van der Waals surface area contributed by atoms with Gasteiger partial charge >= 0.3 is 0 Å². The lowest BCUT2D eigenvalue weighted by atomic mass is 9.95. The molecule has 0 aliphatic heterocycles. The molecule has 0 aliphatic rings. The second kappa shape index (κ2) is 9.24. The maximum Gasteiger partial charge on any atom is 0.119 e. The Kier molecular flexibility index (Phi) is 6.99. The van der Waals surface area contributed by atoms with Crippen molar-refractivity contribution >= 4 is 0 Å². The van der Waals surface area contributed by atoms with Crippen molar-refractivity contribution in [3.05, 3.63) is 59.7 Å². The molecule has 2 aromatic rings. The van der Waals surface area contributed by atoms with Crippen molar-refractivity contribution in [2.45, 2.75) is 46.6 Å². The summed E-state index contributed by atoms with van der Waals surface area (Å²) in [5.41, 5.74) is 2.54. The minimum Gasteiger partial charge on any atom is -0.494 e. The SMILES string of the molecule is CCOc1ccc(COc2ccc(CC(CC)CC)cc2)cc1. The topological polar surface area (TPSA) is 18.5 Å². The molecule has 0 saturated heterocycles. The molecule has 0 radical (unpaired) electrons. The van der Waals surface area contributed by atoms with E-state index in [1.807, 2.05) is 31.2 Å². The number of rotatable bonds is 9. The van der Waals surface area contributed by atoms with Crippen LogP contribution >= 0.6 is 0 Å². The maximum absolute atomic E-state index is 5.86. The molecule has 0 spiro atoms. The predicted octanol–water partition coefficient (Wildman–Crippen LogP) is 5.64. The fraction of sp³-hybridized carbons (Fsp3) is 0.429. The Morgan fingerprint density at radius 1 is 0.696 bits per heavy atom. The van der Waals surface area contributed by atoms with Gasteiger partial charge in [-0.15, -0.1) is 0 Å². The number of hydrogen-bond acceptors (Lipinski definition) is 2. The highest BCUT2D eigenvalue weighted by Gasteiger charge is 2.05. The molecule has 2 nitrogen and oxygen atoms in total. The maximum atomic E-state index is 5.86. The molecule has 0 saturated carbocycles. The summed E-state index contributed by atoms with van der Waals surface area (Å²) in [5.74, 6) is 2.61. The van der Waals surface area contributed by atoms with Crippen molar-refractivity contribution in [2.24, 2.45) is 5.92 Å². The van der Waals surface area contributed by atoms with Crippen LogP contribution in [0.5, 0.6) is 11.5 Å². The minimum absolute atomic E-state index is 0.582. The lowest BCUT2D eigenvalue weighted by molar-refractivity contribution is 0.305. The van der Waals surface area contributed by atoms with Crippen molar-refractivity contribution in [3.63, 3.8) is 0 Å². The van der Waals surface area contributed by atoms with E-state index in [1.165, 1.54) is 18.4 Å². The second-order valence-electron chi connectivity index (χ2n) is 5.90. The molecule has 0 aliphatic carbocycles.